The van der Waals surface area contributed by atoms with Gasteiger partial charge in [0.1, 0.15) is 0 Å². The minimum atomic E-state index is -0.630. The highest BCUT2D eigenvalue weighted by Gasteiger charge is 2.35. The molecule has 31 heavy (non-hydrogen) atoms. The molecule has 0 saturated carbocycles. The predicted molar refractivity (Wildman–Crippen MR) is 119 cm³/mol. The second-order valence-electron chi connectivity index (χ2n) is 7.42. The van der Waals surface area contributed by atoms with Crippen LogP contribution in [0.4, 0.5) is 10.5 Å². The zero-order valence-electron chi connectivity index (χ0n) is 18.2. The zero-order chi connectivity index (χ0) is 22.5. The van der Waals surface area contributed by atoms with Crippen LogP contribution in [-0.2, 0) is 9.53 Å². The van der Waals surface area contributed by atoms with E-state index in [9.17, 15) is 14.4 Å². The van der Waals surface area contributed by atoms with E-state index in [1.165, 1.54) is 7.11 Å². The molecule has 0 aromatic heterocycles. The van der Waals surface area contributed by atoms with Gasteiger partial charge in [0.25, 0.3) is 5.91 Å². The summed E-state index contributed by atoms with van der Waals surface area (Å²) in [6.45, 7) is 6.11. The first-order chi connectivity index (χ1) is 14.9. The van der Waals surface area contributed by atoms with Crippen molar-refractivity contribution >= 4 is 23.6 Å². The maximum atomic E-state index is 12.6. The summed E-state index contributed by atoms with van der Waals surface area (Å²) in [5.74, 6) is -0.682. The highest BCUT2D eigenvalue weighted by atomic mass is 16.5. The Morgan fingerprint density at radius 1 is 1.10 bits per heavy atom. The van der Waals surface area contributed by atoms with Crippen molar-refractivity contribution in [1.82, 2.24) is 10.2 Å². The molecule has 7 nitrogen and oxygen atoms in total. The van der Waals surface area contributed by atoms with Gasteiger partial charge >= 0.3 is 12.0 Å². The summed E-state index contributed by atoms with van der Waals surface area (Å²) in [4.78, 5) is 39.2. The molecule has 3 amide bonds. The fourth-order valence-corrected chi connectivity index (χ4v) is 3.68. The first kappa shape index (κ1) is 22.1. The number of aryl methyl sites for hydroxylation is 1. The van der Waals surface area contributed by atoms with Gasteiger partial charge < -0.3 is 15.4 Å². The Labute approximate surface area is 182 Å². The number of hydrogen-bond donors (Lipinski definition) is 2. The second kappa shape index (κ2) is 9.47. The van der Waals surface area contributed by atoms with Crippen molar-refractivity contribution < 1.29 is 19.1 Å². The van der Waals surface area contributed by atoms with Crippen LogP contribution in [0.1, 0.15) is 47.8 Å². The quantitative estimate of drug-likeness (QED) is 0.685. The number of anilines is 1. The fraction of sp³-hybridized carbons (Fsp3) is 0.292. The molecule has 2 aromatic carbocycles. The molecule has 0 aliphatic carbocycles. The summed E-state index contributed by atoms with van der Waals surface area (Å²) in [6, 6.07) is 13.5. The van der Waals surface area contributed by atoms with Crippen molar-refractivity contribution in [3.8, 4) is 0 Å². The average Bonchev–Trinajstić information content (AvgIpc) is 2.76. The smallest absolute Gasteiger partial charge is 0.337 e. The van der Waals surface area contributed by atoms with Gasteiger partial charge in [0.05, 0.1) is 18.7 Å². The lowest BCUT2D eigenvalue weighted by atomic mass is 9.94. The van der Waals surface area contributed by atoms with Crippen LogP contribution in [0.15, 0.2) is 59.8 Å². The third-order valence-corrected chi connectivity index (χ3v) is 5.34. The summed E-state index contributed by atoms with van der Waals surface area (Å²) in [6.07, 6.45) is 0.763. The maximum Gasteiger partial charge on any atom is 0.337 e. The van der Waals surface area contributed by atoms with E-state index >= 15 is 0 Å². The number of hydrogen-bond acceptors (Lipinski definition) is 4. The molecule has 1 heterocycles. The number of nitrogens with one attached hydrogen (secondary N) is 2. The number of ether oxygens (including phenoxy) is 1. The van der Waals surface area contributed by atoms with Crippen LogP contribution in [0.25, 0.3) is 0 Å². The van der Waals surface area contributed by atoms with E-state index < -0.39 is 12.0 Å². The number of nitrogens with zero attached hydrogens (tertiary/aromatic N) is 1. The summed E-state index contributed by atoms with van der Waals surface area (Å²) < 4.78 is 4.98. The number of methoxy groups -OCH3 is 1. The van der Waals surface area contributed by atoms with Crippen LogP contribution >= 0.6 is 0 Å². The van der Waals surface area contributed by atoms with E-state index in [0.717, 1.165) is 17.5 Å². The first-order valence-electron chi connectivity index (χ1n) is 10.2. The van der Waals surface area contributed by atoms with Gasteiger partial charge in [0.15, 0.2) is 0 Å². The lowest BCUT2D eigenvalue weighted by molar-refractivity contribution is -0.136. The molecule has 0 saturated heterocycles. The first-order valence-corrected chi connectivity index (χ1v) is 10.2. The van der Waals surface area contributed by atoms with E-state index in [0.29, 0.717) is 29.1 Å². The van der Waals surface area contributed by atoms with Crippen molar-refractivity contribution in [3.63, 3.8) is 0 Å². The topological polar surface area (TPSA) is 87.7 Å². The standard InChI is InChI=1S/C24H27N3O4/c1-5-14-27-16(3)20(23(29)31-4)21(26-24(27)30)17-10-12-18(13-11-17)25-22(28)19-9-7-6-8-15(19)2/h6-13,21H,5,14H2,1-4H3,(H,25,28)(H,26,30). The average molecular weight is 421 g/mol. The molecule has 1 unspecified atom stereocenters. The van der Waals surface area contributed by atoms with Crippen LogP contribution in [0, 0.1) is 6.92 Å². The van der Waals surface area contributed by atoms with E-state index in [2.05, 4.69) is 10.6 Å². The molecule has 2 aromatic rings. The SMILES string of the molecule is CCCN1C(=O)NC(c2ccc(NC(=O)c3ccccc3C)cc2)C(C(=O)OC)=C1C. The Bertz CT molecular complexity index is 1030. The second-order valence-corrected chi connectivity index (χ2v) is 7.42. The summed E-state index contributed by atoms with van der Waals surface area (Å²) in [5.41, 5.74) is 3.81. The number of allylic oxidation sites excluding steroid dienone is 1. The van der Waals surface area contributed by atoms with Crippen molar-refractivity contribution in [2.24, 2.45) is 0 Å². The number of urea groups is 1. The maximum absolute atomic E-state index is 12.6. The van der Waals surface area contributed by atoms with Crippen LogP contribution in [-0.4, -0.2) is 36.5 Å². The lowest BCUT2D eigenvalue weighted by Crippen LogP contribution is -2.48. The molecule has 1 aliphatic heterocycles. The van der Waals surface area contributed by atoms with Crippen LogP contribution in [0.5, 0.6) is 0 Å². The summed E-state index contributed by atoms with van der Waals surface area (Å²) >= 11 is 0. The van der Waals surface area contributed by atoms with Crippen molar-refractivity contribution in [3.05, 3.63) is 76.5 Å². The Morgan fingerprint density at radius 3 is 2.39 bits per heavy atom. The molecule has 0 radical (unpaired) electrons. The van der Waals surface area contributed by atoms with Gasteiger partial charge in [0, 0.05) is 23.5 Å². The van der Waals surface area contributed by atoms with E-state index in [4.69, 9.17) is 4.74 Å². The Morgan fingerprint density at radius 2 is 1.77 bits per heavy atom. The fourth-order valence-electron chi connectivity index (χ4n) is 3.68. The van der Waals surface area contributed by atoms with Gasteiger partial charge in [-0.3, -0.25) is 9.69 Å². The number of benzene rings is 2. The number of rotatable bonds is 6. The van der Waals surface area contributed by atoms with Gasteiger partial charge in [-0.1, -0.05) is 37.3 Å². The van der Waals surface area contributed by atoms with Crippen molar-refractivity contribution in [1.29, 1.82) is 0 Å². The molecular weight excluding hydrogens is 394 g/mol. The van der Waals surface area contributed by atoms with Crippen molar-refractivity contribution in [2.75, 3.05) is 19.0 Å². The Kier molecular flexibility index (Phi) is 6.74. The molecule has 2 N–H and O–H groups in total. The van der Waals surface area contributed by atoms with Gasteiger partial charge in [0.2, 0.25) is 0 Å². The zero-order valence-corrected chi connectivity index (χ0v) is 18.2. The number of carbonyl (C=O) groups is 3. The largest absolute Gasteiger partial charge is 0.466 e. The molecule has 1 aliphatic rings. The minimum absolute atomic E-state index is 0.196. The normalized spacial score (nSPS) is 16.1. The molecular formula is C24H27N3O4. The third kappa shape index (κ3) is 4.60. The number of esters is 1. The molecule has 3 rings (SSSR count). The van der Waals surface area contributed by atoms with Gasteiger partial charge in [-0.05, 0) is 49.6 Å². The number of carbonyl (C=O) groups excluding carboxylic acids is 3. The van der Waals surface area contributed by atoms with Crippen LogP contribution in [0.2, 0.25) is 0 Å². The predicted octanol–water partition coefficient (Wildman–Crippen LogP) is 4.17. The van der Waals surface area contributed by atoms with Gasteiger partial charge in [-0.25, -0.2) is 9.59 Å². The summed E-state index contributed by atoms with van der Waals surface area (Å²) in [5, 5.41) is 5.78. The monoisotopic (exact) mass is 421 g/mol. The molecule has 0 bridgehead atoms. The van der Waals surface area contributed by atoms with E-state index in [1.807, 2.05) is 32.0 Å². The summed E-state index contributed by atoms with van der Waals surface area (Å²) in [7, 11) is 1.32. The van der Waals surface area contributed by atoms with Crippen LogP contribution < -0.4 is 10.6 Å². The highest BCUT2D eigenvalue weighted by molar-refractivity contribution is 6.05. The van der Waals surface area contributed by atoms with Crippen molar-refractivity contribution in [2.45, 2.75) is 33.2 Å². The third-order valence-electron chi connectivity index (χ3n) is 5.34. The molecule has 0 fully saturated rings. The number of amides is 3. The highest BCUT2D eigenvalue weighted by Crippen LogP contribution is 2.32. The molecule has 0 spiro atoms. The lowest BCUT2D eigenvalue weighted by Gasteiger charge is -2.35. The Hall–Kier alpha value is -3.61. The minimum Gasteiger partial charge on any atom is -0.466 e. The van der Waals surface area contributed by atoms with Gasteiger partial charge in [-0.2, -0.15) is 0 Å². The molecule has 162 valence electrons. The van der Waals surface area contributed by atoms with Crippen LogP contribution in [0.3, 0.4) is 0 Å². The molecule has 7 heteroatoms. The Balaban J connectivity index is 1.86. The van der Waals surface area contributed by atoms with E-state index in [-0.39, 0.29) is 11.9 Å². The van der Waals surface area contributed by atoms with E-state index in [1.54, 1.807) is 42.2 Å². The molecule has 1 atom stereocenters. The van der Waals surface area contributed by atoms with Gasteiger partial charge in [-0.15, -0.1) is 0 Å².